The number of methoxy groups -OCH3 is 1. The van der Waals surface area contributed by atoms with Crippen molar-refractivity contribution in [2.24, 2.45) is 0 Å². The number of benzene rings is 2. The maximum absolute atomic E-state index is 14.5. The zero-order chi connectivity index (χ0) is 27.0. The molecule has 2 atom stereocenters. The molecule has 2 unspecified atom stereocenters. The Morgan fingerprint density at radius 1 is 1.24 bits per heavy atom. The van der Waals surface area contributed by atoms with Gasteiger partial charge in [0.1, 0.15) is 36.1 Å². The molecule has 0 fully saturated rings. The average Bonchev–Trinajstić information content (AvgIpc) is 3.33. The molecular formula is C26H23F4N5O3. The highest BCUT2D eigenvalue weighted by Gasteiger charge is 2.40. The third kappa shape index (κ3) is 4.99. The molecule has 0 aliphatic carbocycles. The third-order valence-corrected chi connectivity index (χ3v) is 6.45. The average molecular weight is 529 g/mol. The van der Waals surface area contributed by atoms with Crippen molar-refractivity contribution in [3.63, 3.8) is 0 Å². The number of hydrogen-bond donors (Lipinski definition) is 2. The number of aliphatic hydroxyl groups excluding tert-OH is 1. The first kappa shape index (κ1) is 25.5. The summed E-state index contributed by atoms with van der Waals surface area (Å²) in [7, 11) is 1.51. The fourth-order valence-corrected chi connectivity index (χ4v) is 4.63. The minimum absolute atomic E-state index is 0.0471. The number of fused-ring (bicyclic) bond motifs is 1. The number of nitrogens with one attached hydrogen (secondary N) is 1. The van der Waals surface area contributed by atoms with Gasteiger partial charge in [-0.2, -0.15) is 13.2 Å². The fraction of sp³-hybridized carbons (Fsp3) is 0.269. The van der Waals surface area contributed by atoms with Crippen molar-refractivity contribution in [1.82, 2.24) is 20.3 Å². The van der Waals surface area contributed by atoms with Crippen molar-refractivity contribution in [3.05, 3.63) is 77.9 Å². The van der Waals surface area contributed by atoms with Crippen LogP contribution in [0.2, 0.25) is 0 Å². The minimum Gasteiger partial charge on any atom is -0.496 e. The quantitative estimate of drug-likeness (QED) is 0.486. The molecule has 38 heavy (non-hydrogen) atoms. The zero-order valence-electron chi connectivity index (χ0n) is 20.1. The predicted molar refractivity (Wildman–Crippen MR) is 130 cm³/mol. The highest BCUT2D eigenvalue weighted by atomic mass is 19.4. The number of aliphatic hydroxyl groups is 1. The Hall–Kier alpha value is -4.19. The second-order valence-corrected chi connectivity index (χ2v) is 8.90. The van der Waals surface area contributed by atoms with Crippen molar-refractivity contribution < 1.29 is 32.2 Å². The van der Waals surface area contributed by atoms with Crippen LogP contribution in [0.15, 0.2) is 60.9 Å². The fourth-order valence-electron chi connectivity index (χ4n) is 4.63. The van der Waals surface area contributed by atoms with Gasteiger partial charge in [-0.3, -0.25) is 4.79 Å². The number of carbonyl (C=O) groups is 1. The van der Waals surface area contributed by atoms with Crippen molar-refractivity contribution in [2.45, 2.75) is 31.3 Å². The Labute approximate surface area is 214 Å². The van der Waals surface area contributed by atoms with Crippen LogP contribution in [0.4, 0.5) is 23.2 Å². The summed E-state index contributed by atoms with van der Waals surface area (Å²) in [6.45, 7) is -1.55. The monoisotopic (exact) mass is 529 g/mol. The smallest absolute Gasteiger partial charge is 0.406 e. The summed E-state index contributed by atoms with van der Waals surface area (Å²) in [5.74, 6) is -0.997. The number of alkyl halides is 3. The van der Waals surface area contributed by atoms with Crippen molar-refractivity contribution in [2.75, 3.05) is 18.6 Å². The molecule has 3 aromatic rings. The molecule has 0 bridgehead atoms. The van der Waals surface area contributed by atoms with Crippen molar-refractivity contribution >= 4 is 17.2 Å². The standard InChI is InChI=1S/C26H23F4N5O3/c1-38-23-11-15(5-7-17(23)16-6-10-24(36)31-12-16)20-13-35(33-32-20)22-9-8-18-19(27)3-2-4-21(18)34(25(22)37)14-26(28,29)30/h2-7,10-13,22,24,31,36H,8-9,14H2,1H3. The number of amides is 1. The molecule has 0 saturated heterocycles. The minimum atomic E-state index is -4.68. The molecule has 8 nitrogen and oxygen atoms in total. The van der Waals surface area contributed by atoms with Crippen molar-refractivity contribution in [1.29, 1.82) is 0 Å². The number of dihydropyridines is 1. The van der Waals surface area contributed by atoms with E-state index in [1.165, 1.54) is 30.1 Å². The topological polar surface area (TPSA) is 92.5 Å². The lowest BCUT2D eigenvalue weighted by Crippen LogP contribution is -2.42. The van der Waals surface area contributed by atoms with E-state index < -0.39 is 36.7 Å². The maximum Gasteiger partial charge on any atom is 0.406 e. The molecule has 198 valence electrons. The van der Waals surface area contributed by atoms with Crippen LogP contribution in [0.1, 0.15) is 23.6 Å². The summed E-state index contributed by atoms with van der Waals surface area (Å²) >= 11 is 0. The van der Waals surface area contributed by atoms with Gasteiger partial charge in [-0.15, -0.1) is 5.10 Å². The van der Waals surface area contributed by atoms with Gasteiger partial charge in [0, 0.05) is 28.5 Å². The second kappa shape index (κ2) is 9.93. The van der Waals surface area contributed by atoms with E-state index in [-0.39, 0.29) is 24.1 Å². The first-order chi connectivity index (χ1) is 18.1. The van der Waals surface area contributed by atoms with Gasteiger partial charge in [0.2, 0.25) is 0 Å². The van der Waals surface area contributed by atoms with Gasteiger partial charge in [-0.05, 0) is 43.2 Å². The first-order valence-corrected chi connectivity index (χ1v) is 11.7. The Morgan fingerprint density at radius 3 is 2.76 bits per heavy atom. The molecule has 3 heterocycles. The summed E-state index contributed by atoms with van der Waals surface area (Å²) in [4.78, 5) is 13.9. The van der Waals surface area contributed by atoms with Crippen LogP contribution < -0.4 is 15.0 Å². The van der Waals surface area contributed by atoms with Gasteiger partial charge < -0.3 is 20.1 Å². The van der Waals surface area contributed by atoms with Crippen LogP contribution in [0, 0.1) is 5.82 Å². The number of anilines is 1. The number of aromatic nitrogens is 3. The second-order valence-electron chi connectivity index (χ2n) is 8.90. The van der Waals surface area contributed by atoms with Crippen LogP contribution in [0.3, 0.4) is 0 Å². The molecule has 5 rings (SSSR count). The molecule has 2 aromatic carbocycles. The van der Waals surface area contributed by atoms with Crippen LogP contribution in [-0.4, -0.2) is 52.1 Å². The van der Waals surface area contributed by atoms with Crippen LogP contribution >= 0.6 is 0 Å². The molecule has 2 aliphatic rings. The van der Waals surface area contributed by atoms with Crippen LogP contribution in [0.25, 0.3) is 16.8 Å². The molecule has 1 aromatic heterocycles. The SMILES string of the molecule is COc1cc(-c2cn(C3CCc4c(F)cccc4N(CC(F)(F)F)C3=O)nn2)ccc1C1=CNC(O)C=C1. The van der Waals surface area contributed by atoms with Crippen LogP contribution in [-0.2, 0) is 11.2 Å². The van der Waals surface area contributed by atoms with Gasteiger partial charge in [-0.1, -0.05) is 23.4 Å². The van der Waals surface area contributed by atoms with Gasteiger partial charge in [0.25, 0.3) is 5.91 Å². The van der Waals surface area contributed by atoms with E-state index >= 15 is 0 Å². The van der Waals surface area contributed by atoms with E-state index in [0.29, 0.717) is 21.9 Å². The van der Waals surface area contributed by atoms with Crippen LogP contribution in [0.5, 0.6) is 5.75 Å². The number of halogens is 4. The molecular weight excluding hydrogens is 506 g/mol. The number of nitrogens with zero attached hydrogens (tertiary/aromatic N) is 4. The highest BCUT2D eigenvalue weighted by molar-refractivity contribution is 5.97. The summed E-state index contributed by atoms with van der Waals surface area (Å²) in [5.41, 5.74) is 2.47. The largest absolute Gasteiger partial charge is 0.496 e. The van der Waals surface area contributed by atoms with E-state index in [1.807, 2.05) is 0 Å². The highest BCUT2D eigenvalue weighted by Crippen LogP contribution is 2.36. The summed E-state index contributed by atoms with van der Waals surface area (Å²) in [5, 5.41) is 20.6. The maximum atomic E-state index is 14.5. The number of hydrogen-bond acceptors (Lipinski definition) is 6. The normalized spacial score (nSPS) is 19.5. The van der Waals surface area contributed by atoms with E-state index in [4.69, 9.17) is 4.74 Å². The first-order valence-electron chi connectivity index (χ1n) is 11.7. The predicted octanol–water partition coefficient (Wildman–Crippen LogP) is 3.99. The molecule has 2 N–H and O–H groups in total. The van der Waals surface area contributed by atoms with Gasteiger partial charge in [-0.25, -0.2) is 9.07 Å². The molecule has 0 spiro atoms. The van der Waals surface area contributed by atoms with E-state index in [2.05, 4.69) is 15.6 Å². The lowest BCUT2D eigenvalue weighted by atomic mass is 10.0. The Bertz CT molecular complexity index is 1430. The lowest BCUT2D eigenvalue weighted by Gasteiger charge is -2.26. The Balaban J connectivity index is 1.46. The van der Waals surface area contributed by atoms with Gasteiger partial charge in [0.05, 0.1) is 19.0 Å². The van der Waals surface area contributed by atoms with Gasteiger partial charge >= 0.3 is 6.18 Å². The number of rotatable bonds is 5. The van der Waals surface area contributed by atoms with Crippen molar-refractivity contribution in [3.8, 4) is 17.0 Å². The Kier molecular flexibility index (Phi) is 6.66. The van der Waals surface area contributed by atoms with Gasteiger partial charge in [0.15, 0.2) is 0 Å². The third-order valence-electron chi connectivity index (χ3n) is 6.45. The number of ether oxygens (including phenoxy) is 1. The van der Waals surface area contributed by atoms with E-state index in [9.17, 15) is 27.5 Å². The molecule has 2 aliphatic heterocycles. The Morgan fingerprint density at radius 2 is 2.05 bits per heavy atom. The summed E-state index contributed by atoms with van der Waals surface area (Å²) in [6, 6.07) is 7.94. The molecule has 12 heteroatoms. The number of carbonyl (C=O) groups excluding carboxylic acids is 1. The molecule has 0 radical (unpaired) electrons. The van der Waals surface area contributed by atoms with E-state index in [0.717, 1.165) is 17.2 Å². The summed E-state index contributed by atoms with van der Waals surface area (Å²) < 4.78 is 61.4. The molecule has 0 saturated carbocycles. The number of allylic oxidation sites excluding steroid dienone is 2. The van der Waals surface area contributed by atoms with E-state index in [1.54, 1.807) is 36.6 Å². The summed E-state index contributed by atoms with van der Waals surface area (Å²) in [6.07, 6.45) is 1.11. The zero-order valence-corrected chi connectivity index (χ0v) is 20.1. The lowest BCUT2D eigenvalue weighted by molar-refractivity contribution is -0.134. The molecule has 1 amide bonds.